The van der Waals surface area contributed by atoms with E-state index in [2.05, 4.69) is 5.32 Å². The van der Waals surface area contributed by atoms with Crippen LogP contribution in [0.2, 0.25) is 0 Å². The van der Waals surface area contributed by atoms with Crippen LogP contribution in [0, 0.1) is 15.5 Å². The molecule has 3 aromatic carbocycles. The van der Waals surface area contributed by atoms with Crippen LogP contribution in [0.1, 0.15) is 54.2 Å². The van der Waals surface area contributed by atoms with E-state index in [4.69, 9.17) is 5.73 Å². The maximum Gasteiger partial charge on any atom is 0.269 e. The first-order chi connectivity index (χ1) is 17.0. The van der Waals surface area contributed by atoms with E-state index in [0.717, 1.165) is 16.7 Å². The molecule has 0 saturated carbocycles. The number of hydrogen-bond donors (Lipinski definition) is 2. The number of anilines is 1. The van der Waals surface area contributed by atoms with Crippen LogP contribution >= 0.6 is 0 Å². The number of nitro groups is 1. The van der Waals surface area contributed by atoms with Crippen molar-refractivity contribution in [1.29, 1.82) is 0 Å². The molecule has 0 fully saturated rings. The van der Waals surface area contributed by atoms with Gasteiger partial charge >= 0.3 is 0 Å². The lowest BCUT2D eigenvalue weighted by atomic mass is 9.91. The number of nitro benzene ring substituents is 1. The Hall–Kier alpha value is -4.04. The number of nitrogens with two attached hydrogens (primary N) is 1. The standard InChI is InChI=1S/C28H32N4O4/c1-28(2,3)16-26(33)31(19-22-6-4-5-21(15-22)17-29)18-20-7-11-24(12-8-20)30-27(34)23-9-13-25(14-10-23)32(35)36/h4-15H,16-19,29H2,1-3H3,(H,30,34). The van der Waals surface area contributed by atoms with Crippen molar-refractivity contribution in [3.63, 3.8) is 0 Å². The molecule has 0 unspecified atom stereocenters. The van der Waals surface area contributed by atoms with E-state index < -0.39 is 4.92 Å². The molecule has 0 atom stereocenters. The Morgan fingerprint density at radius 2 is 1.53 bits per heavy atom. The third kappa shape index (κ3) is 7.74. The summed E-state index contributed by atoms with van der Waals surface area (Å²) in [6.45, 7) is 7.47. The normalized spacial score (nSPS) is 11.1. The van der Waals surface area contributed by atoms with Crippen LogP contribution in [0.4, 0.5) is 11.4 Å². The summed E-state index contributed by atoms with van der Waals surface area (Å²) in [5, 5.41) is 13.6. The van der Waals surface area contributed by atoms with Crippen LogP contribution in [0.3, 0.4) is 0 Å². The summed E-state index contributed by atoms with van der Waals surface area (Å²) >= 11 is 0. The SMILES string of the molecule is CC(C)(C)CC(=O)N(Cc1ccc(NC(=O)c2ccc([N+](=O)[O-])cc2)cc1)Cc1cccc(CN)c1. The van der Waals surface area contributed by atoms with Crippen LogP contribution in [0.5, 0.6) is 0 Å². The molecule has 36 heavy (non-hydrogen) atoms. The van der Waals surface area contributed by atoms with Gasteiger partial charge in [0, 0.05) is 49.4 Å². The zero-order valence-electron chi connectivity index (χ0n) is 20.9. The van der Waals surface area contributed by atoms with Gasteiger partial charge in [-0.25, -0.2) is 0 Å². The highest BCUT2D eigenvalue weighted by Crippen LogP contribution is 2.23. The number of amides is 2. The fraction of sp³-hybridized carbons (Fsp3) is 0.286. The number of non-ortho nitro benzene ring substituents is 1. The van der Waals surface area contributed by atoms with Crippen molar-refractivity contribution in [2.75, 3.05) is 5.32 Å². The molecule has 0 aliphatic heterocycles. The van der Waals surface area contributed by atoms with E-state index in [9.17, 15) is 19.7 Å². The zero-order valence-corrected chi connectivity index (χ0v) is 20.9. The van der Waals surface area contributed by atoms with Crippen molar-refractivity contribution in [3.05, 3.63) is 105 Å². The smallest absolute Gasteiger partial charge is 0.269 e. The first kappa shape index (κ1) is 26.6. The lowest BCUT2D eigenvalue weighted by Gasteiger charge is -2.27. The number of carbonyl (C=O) groups excluding carboxylic acids is 2. The molecular formula is C28H32N4O4. The molecule has 0 aliphatic rings. The summed E-state index contributed by atoms with van der Waals surface area (Å²) in [6.07, 6.45) is 0.424. The first-order valence-corrected chi connectivity index (χ1v) is 11.7. The highest BCUT2D eigenvalue weighted by atomic mass is 16.6. The van der Waals surface area contributed by atoms with Gasteiger partial charge in [-0.05, 0) is 46.4 Å². The number of carbonyl (C=O) groups is 2. The van der Waals surface area contributed by atoms with Gasteiger partial charge in [0.25, 0.3) is 11.6 Å². The van der Waals surface area contributed by atoms with Crippen LogP contribution in [0.25, 0.3) is 0 Å². The highest BCUT2D eigenvalue weighted by molar-refractivity contribution is 6.04. The average Bonchev–Trinajstić information content (AvgIpc) is 2.84. The van der Waals surface area contributed by atoms with Crippen molar-refractivity contribution in [1.82, 2.24) is 4.90 Å². The molecule has 0 bridgehead atoms. The van der Waals surface area contributed by atoms with E-state index in [1.807, 2.05) is 62.1 Å². The minimum Gasteiger partial charge on any atom is -0.334 e. The molecule has 0 heterocycles. The number of benzene rings is 3. The minimum absolute atomic E-state index is 0.0659. The molecule has 3 rings (SSSR count). The van der Waals surface area contributed by atoms with Crippen molar-refractivity contribution < 1.29 is 14.5 Å². The van der Waals surface area contributed by atoms with Crippen molar-refractivity contribution in [3.8, 4) is 0 Å². The zero-order chi connectivity index (χ0) is 26.3. The topological polar surface area (TPSA) is 119 Å². The third-order valence-corrected chi connectivity index (χ3v) is 5.56. The van der Waals surface area contributed by atoms with Crippen molar-refractivity contribution >= 4 is 23.2 Å². The largest absolute Gasteiger partial charge is 0.334 e. The summed E-state index contributed by atoms with van der Waals surface area (Å²) in [4.78, 5) is 37.8. The summed E-state index contributed by atoms with van der Waals surface area (Å²) in [6, 6.07) is 20.7. The van der Waals surface area contributed by atoms with Crippen LogP contribution in [-0.2, 0) is 24.4 Å². The Morgan fingerprint density at radius 1 is 0.917 bits per heavy atom. The quantitative estimate of drug-likeness (QED) is 0.314. The molecule has 8 nitrogen and oxygen atoms in total. The van der Waals surface area contributed by atoms with Crippen LogP contribution < -0.4 is 11.1 Å². The molecule has 3 aromatic rings. The predicted molar refractivity (Wildman–Crippen MR) is 140 cm³/mol. The van der Waals surface area contributed by atoms with Gasteiger partial charge in [-0.3, -0.25) is 19.7 Å². The Kier molecular flexibility index (Phi) is 8.55. The molecule has 0 radical (unpaired) electrons. The molecule has 8 heteroatoms. The molecule has 0 saturated heterocycles. The number of nitrogens with one attached hydrogen (secondary N) is 1. The molecular weight excluding hydrogens is 456 g/mol. The van der Waals surface area contributed by atoms with E-state index in [0.29, 0.717) is 37.3 Å². The van der Waals surface area contributed by atoms with E-state index >= 15 is 0 Å². The van der Waals surface area contributed by atoms with Crippen molar-refractivity contribution in [2.24, 2.45) is 11.1 Å². The van der Waals surface area contributed by atoms with Gasteiger partial charge in [0.05, 0.1) is 4.92 Å². The average molecular weight is 489 g/mol. The second kappa shape index (κ2) is 11.6. The highest BCUT2D eigenvalue weighted by Gasteiger charge is 2.22. The van der Waals surface area contributed by atoms with Gasteiger partial charge < -0.3 is 16.0 Å². The first-order valence-electron chi connectivity index (χ1n) is 11.7. The Bertz CT molecular complexity index is 1220. The Balaban J connectivity index is 1.71. The van der Waals surface area contributed by atoms with E-state index in [-0.39, 0.29) is 22.9 Å². The molecule has 0 spiro atoms. The van der Waals surface area contributed by atoms with Gasteiger partial charge in [0.1, 0.15) is 0 Å². The number of rotatable bonds is 9. The minimum atomic E-state index is -0.509. The fourth-order valence-electron chi connectivity index (χ4n) is 3.72. The number of nitrogens with zero attached hydrogens (tertiary/aromatic N) is 2. The second-order valence-electron chi connectivity index (χ2n) is 9.97. The summed E-state index contributed by atoms with van der Waals surface area (Å²) in [5.41, 5.74) is 9.45. The number of hydrogen-bond acceptors (Lipinski definition) is 5. The summed E-state index contributed by atoms with van der Waals surface area (Å²) in [5.74, 6) is -0.296. The Labute approximate surface area is 211 Å². The lowest BCUT2D eigenvalue weighted by Crippen LogP contribution is -2.32. The Morgan fingerprint density at radius 3 is 2.11 bits per heavy atom. The van der Waals surface area contributed by atoms with Crippen molar-refractivity contribution in [2.45, 2.75) is 46.8 Å². The predicted octanol–water partition coefficient (Wildman–Crippen LogP) is 5.27. The molecule has 0 aromatic heterocycles. The van der Waals surface area contributed by atoms with E-state index in [1.54, 1.807) is 12.1 Å². The third-order valence-electron chi connectivity index (χ3n) is 5.56. The van der Waals surface area contributed by atoms with Gasteiger partial charge in [0.2, 0.25) is 5.91 Å². The van der Waals surface area contributed by atoms with Gasteiger partial charge in [-0.15, -0.1) is 0 Å². The fourth-order valence-corrected chi connectivity index (χ4v) is 3.72. The van der Waals surface area contributed by atoms with Gasteiger partial charge in [0.15, 0.2) is 0 Å². The van der Waals surface area contributed by atoms with Crippen LogP contribution in [0.15, 0.2) is 72.8 Å². The molecule has 3 N–H and O–H groups in total. The maximum atomic E-state index is 13.2. The summed E-state index contributed by atoms with van der Waals surface area (Å²) < 4.78 is 0. The second-order valence-corrected chi connectivity index (χ2v) is 9.97. The van der Waals surface area contributed by atoms with Gasteiger partial charge in [-0.1, -0.05) is 57.2 Å². The molecule has 0 aliphatic carbocycles. The molecule has 2 amide bonds. The summed E-state index contributed by atoms with van der Waals surface area (Å²) in [7, 11) is 0. The lowest BCUT2D eigenvalue weighted by molar-refractivity contribution is -0.384. The van der Waals surface area contributed by atoms with Gasteiger partial charge in [-0.2, -0.15) is 0 Å². The van der Waals surface area contributed by atoms with Crippen LogP contribution in [-0.4, -0.2) is 21.6 Å². The molecule has 188 valence electrons. The monoisotopic (exact) mass is 488 g/mol. The van der Waals surface area contributed by atoms with E-state index in [1.165, 1.54) is 24.3 Å². The maximum absolute atomic E-state index is 13.2.